The zero-order valence-corrected chi connectivity index (χ0v) is 32.8. The van der Waals surface area contributed by atoms with Crippen LogP contribution in [0.25, 0.3) is 0 Å². The van der Waals surface area contributed by atoms with Gasteiger partial charge in [-0.15, -0.1) is 0 Å². The van der Waals surface area contributed by atoms with E-state index in [4.69, 9.17) is 18.9 Å². The summed E-state index contributed by atoms with van der Waals surface area (Å²) >= 11 is 0. The fourth-order valence-corrected chi connectivity index (χ4v) is 9.30. The third-order valence-electron chi connectivity index (χ3n) is 10.3. The lowest BCUT2D eigenvalue weighted by atomic mass is 9.85. The predicted molar refractivity (Wildman–Crippen MR) is 215 cm³/mol. The molecule has 0 bridgehead atoms. The van der Waals surface area contributed by atoms with Crippen LogP contribution in [-0.2, 0) is 34.1 Å². The lowest BCUT2D eigenvalue weighted by Gasteiger charge is -2.42. The molecule has 0 saturated heterocycles. The molecule has 9 nitrogen and oxygen atoms in total. The molecule has 288 valence electrons. The highest BCUT2D eigenvalue weighted by molar-refractivity contribution is 7.89. The largest absolute Gasteiger partial charge is 0.493 e. The summed E-state index contributed by atoms with van der Waals surface area (Å²) < 4.78 is 54.1. The summed E-state index contributed by atoms with van der Waals surface area (Å²) in [6, 6.07) is 36.1. The predicted octanol–water partition coefficient (Wildman–Crippen LogP) is 7.96. The molecule has 0 aliphatic carbocycles. The highest BCUT2D eigenvalue weighted by Crippen LogP contribution is 2.46. The van der Waals surface area contributed by atoms with Crippen molar-refractivity contribution in [3.8, 4) is 23.0 Å². The molecule has 0 saturated carbocycles. The smallest absolute Gasteiger partial charge is 0.244 e. The Morgan fingerprint density at radius 3 is 1.73 bits per heavy atom. The van der Waals surface area contributed by atoms with Crippen molar-refractivity contribution in [3.05, 3.63) is 149 Å². The van der Waals surface area contributed by atoms with Crippen LogP contribution in [0.1, 0.15) is 59.5 Å². The van der Waals surface area contributed by atoms with Crippen LogP contribution in [0.4, 0.5) is 0 Å². The van der Waals surface area contributed by atoms with Crippen LogP contribution in [0, 0.1) is 0 Å². The van der Waals surface area contributed by atoms with E-state index in [1.807, 2.05) is 78.9 Å². The number of methoxy groups -OCH3 is 4. The second-order valence-corrected chi connectivity index (χ2v) is 15.6. The molecule has 55 heavy (non-hydrogen) atoms. The maximum atomic E-state index is 15.2. The summed E-state index contributed by atoms with van der Waals surface area (Å²) in [6.07, 6.45) is 5.09. The van der Waals surface area contributed by atoms with Crippen molar-refractivity contribution in [1.29, 1.82) is 0 Å². The molecule has 2 atom stereocenters. The lowest BCUT2D eigenvalue weighted by Crippen LogP contribution is -2.56. The molecule has 6 rings (SSSR count). The maximum absolute atomic E-state index is 15.2. The standard InChI is InChI=1S/C45H50N2O7S/c1-51-40-27-26-37(30-42(40)53-3)55(49,50)47-39(28-35-29-41(52-2)43(54-4)31-38(35)44(47)34-22-12-7-13-23-34)45(48)46-36(24-14-20-32-16-8-5-9-17-32)25-15-21-33-18-10-6-11-19-33/h5-13,16-19,22-23,26-27,29-31,36,39,44H,14-15,20-21,24-25,28H2,1-4H3,(H,46,48)/t39-,44+/m0/s1. The molecule has 0 radical (unpaired) electrons. The van der Waals surface area contributed by atoms with Crippen molar-refractivity contribution in [2.75, 3.05) is 28.4 Å². The molecule has 1 heterocycles. The lowest BCUT2D eigenvalue weighted by molar-refractivity contribution is -0.126. The number of carbonyl (C=O) groups is 1. The summed E-state index contributed by atoms with van der Waals surface area (Å²) in [4.78, 5) is 14.9. The Balaban J connectivity index is 1.41. The van der Waals surface area contributed by atoms with Gasteiger partial charge in [0.1, 0.15) is 6.04 Å². The van der Waals surface area contributed by atoms with Crippen LogP contribution >= 0.6 is 0 Å². The SMILES string of the molecule is COc1ccc(S(=O)(=O)N2[C@H](c3ccccc3)c3cc(OC)c(OC)cc3C[C@H]2C(=O)NC(CCCc2ccccc2)CCCc2ccccc2)cc1OC. The number of nitrogens with zero attached hydrogens (tertiary/aromatic N) is 1. The van der Waals surface area contributed by atoms with E-state index < -0.39 is 22.1 Å². The first-order valence-corrected chi connectivity index (χ1v) is 20.1. The van der Waals surface area contributed by atoms with Crippen LogP contribution in [0.5, 0.6) is 23.0 Å². The third kappa shape index (κ3) is 9.15. The molecule has 1 N–H and O–H groups in total. The van der Waals surface area contributed by atoms with E-state index in [-0.39, 0.29) is 29.0 Å². The fourth-order valence-electron chi connectivity index (χ4n) is 7.54. The minimum atomic E-state index is -4.37. The fraction of sp³-hybridized carbons (Fsp3) is 0.311. The first kappa shape index (κ1) is 39.4. The molecule has 0 aromatic heterocycles. The van der Waals surface area contributed by atoms with E-state index in [9.17, 15) is 4.79 Å². The summed E-state index contributed by atoms with van der Waals surface area (Å²) in [6.45, 7) is 0. The number of aryl methyl sites for hydroxylation is 2. The van der Waals surface area contributed by atoms with Crippen LogP contribution in [0.2, 0.25) is 0 Å². The highest BCUT2D eigenvalue weighted by atomic mass is 32.2. The molecule has 1 amide bonds. The van der Waals surface area contributed by atoms with Crippen molar-refractivity contribution in [2.45, 2.75) is 68.0 Å². The highest BCUT2D eigenvalue weighted by Gasteiger charge is 2.47. The van der Waals surface area contributed by atoms with Gasteiger partial charge in [-0.2, -0.15) is 4.31 Å². The van der Waals surface area contributed by atoms with Crippen molar-refractivity contribution in [2.24, 2.45) is 0 Å². The van der Waals surface area contributed by atoms with E-state index in [1.54, 1.807) is 20.3 Å². The number of hydrogen-bond donors (Lipinski definition) is 1. The van der Waals surface area contributed by atoms with Crippen LogP contribution in [-0.4, -0.2) is 59.2 Å². The summed E-state index contributed by atoms with van der Waals surface area (Å²) in [5.74, 6) is 1.27. The minimum Gasteiger partial charge on any atom is -0.493 e. The molecule has 0 fully saturated rings. The van der Waals surface area contributed by atoms with Gasteiger partial charge < -0.3 is 24.3 Å². The molecule has 1 aliphatic heterocycles. The van der Waals surface area contributed by atoms with Crippen molar-refractivity contribution in [1.82, 2.24) is 9.62 Å². The Kier molecular flexibility index (Phi) is 13.1. The van der Waals surface area contributed by atoms with Crippen LogP contribution in [0.15, 0.2) is 126 Å². The van der Waals surface area contributed by atoms with Crippen molar-refractivity contribution in [3.63, 3.8) is 0 Å². The Morgan fingerprint density at radius 2 is 1.18 bits per heavy atom. The minimum absolute atomic E-state index is 0.0184. The average Bonchev–Trinajstić information content (AvgIpc) is 3.23. The van der Waals surface area contributed by atoms with Crippen LogP contribution < -0.4 is 24.3 Å². The molecular formula is C45H50N2O7S. The zero-order chi connectivity index (χ0) is 38.8. The number of sulfonamides is 1. The van der Waals surface area contributed by atoms with Gasteiger partial charge in [0.2, 0.25) is 15.9 Å². The zero-order valence-electron chi connectivity index (χ0n) is 31.9. The molecule has 5 aromatic rings. The summed E-state index contributed by atoms with van der Waals surface area (Å²) in [5, 5.41) is 3.36. The number of fused-ring (bicyclic) bond motifs is 1. The Bertz CT molecular complexity index is 2080. The topological polar surface area (TPSA) is 103 Å². The van der Waals surface area contributed by atoms with E-state index in [0.29, 0.717) is 28.4 Å². The number of ether oxygens (including phenoxy) is 4. The van der Waals surface area contributed by atoms with Crippen molar-refractivity contribution >= 4 is 15.9 Å². The number of amides is 1. The molecule has 0 spiro atoms. The van der Waals surface area contributed by atoms with Gasteiger partial charge >= 0.3 is 0 Å². The summed E-state index contributed by atoms with van der Waals surface area (Å²) in [7, 11) is 1.71. The quantitative estimate of drug-likeness (QED) is 0.103. The van der Waals surface area contributed by atoms with Gasteiger partial charge in [0, 0.05) is 12.1 Å². The number of benzene rings is 5. The van der Waals surface area contributed by atoms with Gasteiger partial charge in [-0.25, -0.2) is 8.42 Å². The number of carbonyl (C=O) groups excluding carboxylic acids is 1. The maximum Gasteiger partial charge on any atom is 0.244 e. The Morgan fingerprint density at radius 1 is 0.673 bits per heavy atom. The first-order chi connectivity index (χ1) is 26.8. The molecule has 0 unspecified atom stereocenters. The first-order valence-electron chi connectivity index (χ1n) is 18.7. The van der Waals surface area contributed by atoms with Crippen LogP contribution in [0.3, 0.4) is 0 Å². The normalized spacial score (nSPS) is 15.6. The van der Waals surface area contributed by atoms with Gasteiger partial charge in [0.15, 0.2) is 23.0 Å². The molecular weight excluding hydrogens is 713 g/mol. The molecule has 1 aliphatic rings. The van der Waals surface area contributed by atoms with Gasteiger partial charge in [0.25, 0.3) is 0 Å². The monoisotopic (exact) mass is 762 g/mol. The second kappa shape index (κ2) is 18.3. The van der Waals surface area contributed by atoms with Gasteiger partial charge in [-0.3, -0.25) is 4.79 Å². The third-order valence-corrected chi connectivity index (χ3v) is 12.2. The second-order valence-electron chi connectivity index (χ2n) is 13.8. The van der Waals surface area contributed by atoms with E-state index in [2.05, 4.69) is 29.6 Å². The average molecular weight is 763 g/mol. The molecule has 10 heteroatoms. The van der Waals surface area contributed by atoms with E-state index in [1.165, 1.54) is 41.8 Å². The van der Waals surface area contributed by atoms with Gasteiger partial charge in [0.05, 0.1) is 39.4 Å². The Hall–Kier alpha value is -5.32. The molecule has 5 aromatic carbocycles. The van der Waals surface area contributed by atoms with E-state index >= 15 is 8.42 Å². The number of nitrogens with one attached hydrogen (secondary N) is 1. The van der Waals surface area contributed by atoms with Crippen molar-refractivity contribution < 1.29 is 32.2 Å². The number of rotatable bonds is 17. The Labute approximate surface area is 325 Å². The number of hydrogen-bond acceptors (Lipinski definition) is 7. The summed E-state index contributed by atoms with van der Waals surface area (Å²) in [5.41, 5.74) is 4.69. The van der Waals surface area contributed by atoms with E-state index in [0.717, 1.165) is 44.1 Å². The van der Waals surface area contributed by atoms with Gasteiger partial charge in [-0.1, -0.05) is 91.0 Å². The van der Waals surface area contributed by atoms with Gasteiger partial charge in [-0.05, 0) is 97.0 Å².